The maximum Gasteiger partial charge on any atom is 0.408 e. The van der Waals surface area contributed by atoms with Gasteiger partial charge in [0.15, 0.2) is 5.82 Å². The van der Waals surface area contributed by atoms with Crippen molar-refractivity contribution in [3.05, 3.63) is 48.4 Å². The van der Waals surface area contributed by atoms with Gasteiger partial charge in [-0.25, -0.2) is 9.78 Å². The molecular formula is C24H33N5O7. The van der Waals surface area contributed by atoms with Gasteiger partial charge in [0, 0.05) is 6.20 Å². The second kappa shape index (κ2) is 12.2. The third kappa shape index (κ3) is 9.74. The molecule has 0 fully saturated rings. The third-order valence-corrected chi connectivity index (χ3v) is 4.60. The SMILES string of the molecule is CC(C)(C)OC(=O)NC(C)(C)C(=O)N[C@H](COCc1ccccc1)C(=O)Nc1cn(CC(=O)O)cn1. The number of hydrogen-bond acceptors (Lipinski definition) is 7. The normalized spacial score (nSPS) is 12.4. The van der Waals surface area contributed by atoms with E-state index in [1.165, 1.54) is 30.9 Å². The molecule has 0 unspecified atom stereocenters. The lowest BCUT2D eigenvalue weighted by molar-refractivity contribution is -0.137. The van der Waals surface area contributed by atoms with Crippen LogP contribution in [0.4, 0.5) is 10.6 Å². The van der Waals surface area contributed by atoms with Crippen molar-refractivity contribution in [2.75, 3.05) is 11.9 Å². The van der Waals surface area contributed by atoms with Gasteiger partial charge in [0.2, 0.25) is 5.91 Å². The van der Waals surface area contributed by atoms with Crippen LogP contribution in [-0.2, 0) is 37.0 Å². The van der Waals surface area contributed by atoms with Crippen LogP contribution in [0.1, 0.15) is 40.2 Å². The molecule has 0 aliphatic carbocycles. The van der Waals surface area contributed by atoms with Gasteiger partial charge in [-0.2, -0.15) is 0 Å². The van der Waals surface area contributed by atoms with E-state index in [4.69, 9.17) is 14.6 Å². The van der Waals surface area contributed by atoms with Crippen LogP contribution in [0.3, 0.4) is 0 Å². The number of carboxylic acid groups (broad SMARTS) is 1. The van der Waals surface area contributed by atoms with E-state index in [0.29, 0.717) is 0 Å². The van der Waals surface area contributed by atoms with Crippen LogP contribution in [0.2, 0.25) is 0 Å². The standard InChI is InChI=1S/C24H33N5O7/c1-23(2,3)36-22(34)28-24(4,5)21(33)26-17(14-35-13-16-9-7-6-8-10-16)20(32)27-18-11-29(15-25-18)12-19(30)31/h6-11,15,17H,12-14H2,1-5H3,(H,26,33)(H,27,32)(H,28,34)(H,30,31)/t17-/m1/s1. The molecule has 0 spiro atoms. The number of carbonyl (C=O) groups is 4. The largest absolute Gasteiger partial charge is 0.480 e. The molecule has 0 aliphatic heterocycles. The summed E-state index contributed by atoms with van der Waals surface area (Å²) in [5, 5.41) is 16.5. The van der Waals surface area contributed by atoms with Gasteiger partial charge in [-0.1, -0.05) is 30.3 Å². The van der Waals surface area contributed by atoms with Crippen LogP contribution >= 0.6 is 0 Å². The monoisotopic (exact) mass is 503 g/mol. The molecule has 12 nitrogen and oxygen atoms in total. The van der Waals surface area contributed by atoms with Gasteiger partial charge < -0.3 is 35.1 Å². The number of aliphatic carboxylic acids is 1. The van der Waals surface area contributed by atoms with Crippen molar-refractivity contribution in [3.63, 3.8) is 0 Å². The number of carbonyl (C=O) groups excluding carboxylic acids is 3. The zero-order valence-electron chi connectivity index (χ0n) is 21.0. The van der Waals surface area contributed by atoms with Crippen molar-refractivity contribution in [2.45, 2.75) is 65.0 Å². The number of benzene rings is 1. The maximum atomic E-state index is 13.0. The highest BCUT2D eigenvalue weighted by molar-refractivity contribution is 5.98. The number of imidazole rings is 1. The van der Waals surface area contributed by atoms with Crippen LogP contribution in [0, 0.1) is 0 Å². The summed E-state index contributed by atoms with van der Waals surface area (Å²) in [6.07, 6.45) is 1.83. The van der Waals surface area contributed by atoms with E-state index in [1.54, 1.807) is 20.8 Å². The summed E-state index contributed by atoms with van der Waals surface area (Å²) in [6, 6.07) is 8.13. The predicted molar refractivity (Wildman–Crippen MR) is 130 cm³/mol. The molecule has 0 bridgehead atoms. The molecule has 1 atom stereocenters. The fourth-order valence-corrected chi connectivity index (χ4v) is 2.89. The summed E-state index contributed by atoms with van der Waals surface area (Å²) < 4.78 is 12.2. The smallest absolute Gasteiger partial charge is 0.408 e. The number of amides is 3. The molecule has 0 aliphatic rings. The summed E-state index contributed by atoms with van der Waals surface area (Å²) >= 11 is 0. The molecule has 1 heterocycles. The van der Waals surface area contributed by atoms with E-state index in [1.807, 2.05) is 30.3 Å². The van der Waals surface area contributed by atoms with Crippen LogP contribution in [0.5, 0.6) is 0 Å². The van der Waals surface area contributed by atoms with E-state index >= 15 is 0 Å². The highest BCUT2D eigenvalue weighted by Crippen LogP contribution is 2.11. The molecule has 2 aromatic rings. The average Bonchev–Trinajstić information content (AvgIpc) is 3.17. The first-order chi connectivity index (χ1) is 16.7. The number of ether oxygens (including phenoxy) is 2. The Bertz CT molecular complexity index is 1060. The van der Waals surface area contributed by atoms with Gasteiger partial charge in [-0.15, -0.1) is 0 Å². The number of alkyl carbamates (subject to hydrolysis) is 1. The van der Waals surface area contributed by atoms with Crippen LogP contribution in [-0.4, -0.2) is 62.3 Å². The fourth-order valence-electron chi connectivity index (χ4n) is 2.89. The minimum atomic E-state index is -1.41. The second-order valence-electron chi connectivity index (χ2n) is 9.59. The number of carboxylic acids is 1. The van der Waals surface area contributed by atoms with E-state index in [9.17, 15) is 19.2 Å². The van der Waals surface area contributed by atoms with E-state index in [2.05, 4.69) is 20.9 Å². The van der Waals surface area contributed by atoms with Gasteiger partial charge in [0.25, 0.3) is 5.91 Å². The molecule has 12 heteroatoms. The number of rotatable bonds is 11. The first-order valence-electron chi connectivity index (χ1n) is 11.2. The number of aromatic nitrogens is 2. The van der Waals surface area contributed by atoms with Gasteiger partial charge >= 0.3 is 12.1 Å². The molecular weight excluding hydrogens is 470 g/mol. The van der Waals surface area contributed by atoms with Crippen molar-refractivity contribution < 1.29 is 33.8 Å². The Kier molecular flexibility index (Phi) is 9.56. The maximum absolute atomic E-state index is 13.0. The van der Waals surface area contributed by atoms with Crippen molar-refractivity contribution in [2.24, 2.45) is 0 Å². The highest BCUT2D eigenvalue weighted by Gasteiger charge is 2.34. The second-order valence-corrected chi connectivity index (χ2v) is 9.59. The number of nitrogens with one attached hydrogen (secondary N) is 3. The minimum absolute atomic E-state index is 0.106. The first kappa shape index (κ1) is 28.3. The van der Waals surface area contributed by atoms with Crippen molar-refractivity contribution in [1.82, 2.24) is 20.2 Å². The third-order valence-electron chi connectivity index (χ3n) is 4.60. The summed E-state index contributed by atoms with van der Waals surface area (Å²) in [7, 11) is 0. The van der Waals surface area contributed by atoms with Crippen molar-refractivity contribution >= 4 is 29.7 Å². The number of nitrogens with zero attached hydrogens (tertiary/aromatic N) is 2. The van der Waals surface area contributed by atoms with E-state index in [-0.39, 0.29) is 25.6 Å². The lowest BCUT2D eigenvalue weighted by atomic mass is 10.0. The summed E-state index contributed by atoms with van der Waals surface area (Å²) in [4.78, 5) is 53.0. The Morgan fingerprint density at radius 1 is 1.08 bits per heavy atom. The lowest BCUT2D eigenvalue weighted by Gasteiger charge is -2.29. The Morgan fingerprint density at radius 3 is 2.36 bits per heavy atom. The Labute approximate surface area is 209 Å². The number of anilines is 1. The summed E-state index contributed by atoms with van der Waals surface area (Å²) in [6.45, 7) is 7.73. The summed E-state index contributed by atoms with van der Waals surface area (Å²) in [5.74, 6) is -2.24. The van der Waals surface area contributed by atoms with E-state index in [0.717, 1.165) is 5.56 Å². The Balaban J connectivity index is 2.09. The molecule has 196 valence electrons. The molecule has 2 rings (SSSR count). The van der Waals surface area contributed by atoms with Crippen LogP contribution in [0.15, 0.2) is 42.9 Å². The van der Waals surface area contributed by atoms with Crippen LogP contribution < -0.4 is 16.0 Å². The van der Waals surface area contributed by atoms with Crippen LogP contribution in [0.25, 0.3) is 0 Å². The molecule has 3 amide bonds. The quantitative estimate of drug-likeness (QED) is 0.362. The Hall–Kier alpha value is -3.93. The average molecular weight is 504 g/mol. The highest BCUT2D eigenvalue weighted by atomic mass is 16.6. The fraction of sp³-hybridized carbons (Fsp3) is 0.458. The van der Waals surface area contributed by atoms with E-state index < -0.39 is 41.1 Å². The van der Waals surface area contributed by atoms with Gasteiger partial charge in [0.1, 0.15) is 23.7 Å². The van der Waals surface area contributed by atoms with Gasteiger partial charge in [-0.05, 0) is 40.2 Å². The lowest BCUT2D eigenvalue weighted by Crippen LogP contribution is -2.59. The molecule has 36 heavy (non-hydrogen) atoms. The number of hydrogen-bond donors (Lipinski definition) is 4. The molecule has 0 radical (unpaired) electrons. The first-order valence-corrected chi connectivity index (χ1v) is 11.2. The predicted octanol–water partition coefficient (Wildman–Crippen LogP) is 1.91. The molecule has 1 aromatic carbocycles. The zero-order valence-corrected chi connectivity index (χ0v) is 21.0. The summed E-state index contributed by atoms with van der Waals surface area (Å²) in [5.41, 5.74) is -1.29. The Morgan fingerprint density at radius 2 is 1.75 bits per heavy atom. The topological polar surface area (TPSA) is 161 Å². The van der Waals surface area contributed by atoms with Crippen molar-refractivity contribution in [1.29, 1.82) is 0 Å². The van der Waals surface area contributed by atoms with Gasteiger partial charge in [0.05, 0.1) is 19.5 Å². The molecule has 4 N–H and O–H groups in total. The molecule has 0 saturated heterocycles. The molecule has 1 aromatic heterocycles. The zero-order chi connectivity index (χ0) is 26.9. The minimum Gasteiger partial charge on any atom is -0.480 e. The van der Waals surface area contributed by atoms with Crippen molar-refractivity contribution in [3.8, 4) is 0 Å². The van der Waals surface area contributed by atoms with Gasteiger partial charge in [-0.3, -0.25) is 14.4 Å². The molecule has 0 saturated carbocycles.